The Labute approximate surface area is 211 Å². The van der Waals surface area contributed by atoms with E-state index in [1.165, 1.54) is 6.42 Å². The molecule has 35 heavy (non-hydrogen) atoms. The Morgan fingerprint density at radius 3 is 2.14 bits per heavy atom. The molecule has 7 nitrogen and oxygen atoms in total. The molecule has 1 aliphatic carbocycles. The van der Waals surface area contributed by atoms with E-state index in [0.717, 1.165) is 42.4 Å². The fraction of sp³-hybridized carbons (Fsp3) is 0.679. The van der Waals surface area contributed by atoms with Gasteiger partial charge in [0.2, 0.25) is 11.8 Å². The number of rotatable bonds is 8. The lowest BCUT2D eigenvalue weighted by Crippen LogP contribution is -2.55. The van der Waals surface area contributed by atoms with Crippen LogP contribution in [0.3, 0.4) is 0 Å². The minimum Gasteiger partial charge on any atom is -0.444 e. The molecule has 0 saturated heterocycles. The van der Waals surface area contributed by atoms with Crippen molar-refractivity contribution >= 4 is 17.9 Å². The quantitative estimate of drug-likeness (QED) is 0.518. The molecule has 0 aromatic heterocycles. The normalized spacial score (nSPS) is 17.1. The van der Waals surface area contributed by atoms with Crippen LogP contribution in [0.25, 0.3) is 0 Å². The largest absolute Gasteiger partial charge is 0.444 e. The highest BCUT2D eigenvalue weighted by Crippen LogP contribution is 2.31. The van der Waals surface area contributed by atoms with E-state index < -0.39 is 23.8 Å². The van der Waals surface area contributed by atoms with E-state index in [1.807, 2.05) is 45.9 Å². The molecule has 3 unspecified atom stereocenters. The Morgan fingerprint density at radius 1 is 1.06 bits per heavy atom. The highest BCUT2D eigenvalue weighted by Gasteiger charge is 2.39. The molecule has 2 N–H and O–H groups in total. The first-order valence-electron chi connectivity index (χ1n) is 13.0. The molecule has 2 rings (SSSR count). The van der Waals surface area contributed by atoms with Gasteiger partial charge in [0.1, 0.15) is 17.7 Å². The fourth-order valence-corrected chi connectivity index (χ4v) is 4.75. The van der Waals surface area contributed by atoms with Gasteiger partial charge in [-0.25, -0.2) is 4.79 Å². The van der Waals surface area contributed by atoms with Crippen molar-refractivity contribution < 1.29 is 19.1 Å². The standard InChI is InChI=1S/C28H45N3O4/c1-9-20(4)31(26(33)21(5)29-27(34)35-28(6,7)8)24(23-18(2)14-13-15-19(23)3)25(32)30-22-16-11-10-12-17-22/h13-15,20-22,24H,9-12,16-17H2,1-8H3,(H,29,34)(H,30,32). The molecule has 3 atom stereocenters. The number of hydrogen-bond donors (Lipinski definition) is 2. The molecule has 0 radical (unpaired) electrons. The minimum absolute atomic E-state index is 0.120. The zero-order valence-electron chi connectivity index (χ0n) is 22.9. The van der Waals surface area contributed by atoms with Crippen LogP contribution in [0.4, 0.5) is 4.79 Å². The number of amides is 3. The highest BCUT2D eigenvalue weighted by molar-refractivity contribution is 5.92. The number of hydrogen-bond acceptors (Lipinski definition) is 4. The molecule has 196 valence electrons. The van der Waals surface area contributed by atoms with Crippen molar-refractivity contribution in [3.05, 3.63) is 34.9 Å². The van der Waals surface area contributed by atoms with E-state index in [9.17, 15) is 14.4 Å². The Morgan fingerprint density at radius 2 is 1.63 bits per heavy atom. The summed E-state index contributed by atoms with van der Waals surface area (Å²) in [6.07, 6.45) is 5.32. The van der Waals surface area contributed by atoms with Crippen LogP contribution in [0.15, 0.2) is 18.2 Å². The first-order chi connectivity index (χ1) is 16.4. The number of aryl methyl sites for hydroxylation is 2. The van der Waals surface area contributed by atoms with Crippen molar-refractivity contribution in [1.29, 1.82) is 0 Å². The summed E-state index contributed by atoms with van der Waals surface area (Å²) in [5, 5.41) is 5.92. The summed E-state index contributed by atoms with van der Waals surface area (Å²) in [4.78, 5) is 41.8. The summed E-state index contributed by atoms with van der Waals surface area (Å²) in [7, 11) is 0. The van der Waals surface area contributed by atoms with Crippen LogP contribution in [0.2, 0.25) is 0 Å². The predicted molar refractivity (Wildman–Crippen MR) is 139 cm³/mol. The van der Waals surface area contributed by atoms with Crippen molar-refractivity contribution in [1.82, 2.24) is 15.5 Å². The number of benzene rings is 1. The molecule has 0 spiro atoms. The van der Waals surface area contributed by atoms with Gasteiger partial charge in [-0.05, 0) is 84.4 Å². The van der Waals surface area contributed by atoms with Gasteiger partial charge in [0.15, 0.2) is 0 Å². The lowest BCUT2D eigenvalue weighted by Gasteiger charge is -2.39. The molecule has 1 aromatic rings. The number of ether oxygens (including phenoxy) is 1. The van der Waals surface area contributed by atoms with Crippen LogP contribution in [0, 0.1) is 13.8 Å². The molecule has 0 heterocycles. The van der Waals surface area contributed by atoms with Crippen molar-refractivity contribution in [2.75, 3.05) is 0 Å². The van der Waals surface area contributed by atoms with E-state index >= 15 is 0 Å². The van der Waals surface area contributed by atoms with Crippen molar-refractivity contribution in [3.63, 3.8) is 0 Å². The molecule has 7 heteroatoms. The number of nitrogens with zero attached hydrogens (tertiary/aromatic N) is 1. The van der Waals surface area contributed by atoms with Crippen LogP contribution >= 0.6 is 0 Å². The van der Waals surface area contributed by atoms with Crippen molar-refractivity contribution in [3.8, 4) is 0 Å². The predicted octanol–water partition coefficient (Wildman–Crippen LogP) is 5.33. The van der Waals surface area contributed by atoms with Gasteiger partial charge in [-0.3, -0.25) is 9.59 Å². The van der Waals surface area contributed by atoms with E-state index in [2.05, 4.69) is 10.6 Å². The second-order valence-electron chi connectivity index (χ2n) is 10.9. The second kappa shape index (κ2) is 12.4. The maximum absolute atomic E-state index is 13.9. The summed E-state index contributed by atoms with van der Waals surface area (Å²) in [5.41, 5.74) is 2.09. The lowest BCUT2D eigenvalue weighted by molar-refractivity contribution is -0.145. The van der Waals surface area contributed by atoms with Gasteiger partial charge >= 0.3 is 6.09 Å². The molecule has 1 fully saturated rings. The Bertz CT molecular complexity index is 866. The third kappa shape index (κ3) is 7.97. The van der Waals surface area contributed by atoms with Gasteiger partial charge in [-0.15, -0.1) is 0 Å². The van der Waals surface area contributed by atoms with Crippen LogP contribution in [0.1, 0.15) is 103 Å². The van der Waals surface area contributed by atoms with Gasteiger partial charge in [-0.2, -0.15) is 0 Å². The maximum atomic E-state index is 13.9. The minimum atomic E-state index is -0.854. The second-order valence-corrected chi connectivity index (χ2v) is 10.9. The van der Waals surface area contributed by atoms with Gasteiger partial charge in [0.05, 0.1) is 0 Å². The van der Waals surface area contributed by atoms with Crippen molar-refractivity contribution in [2.24, 2.45) is 0 Å². The molecular weight excluding hydrogens is 442 g/mol. The lowest BCUT2D eigenvalue weighted by atomic mass is 9.91. The van der Waals surface area contributed by atoms with Gasteiger partial charge in [0, 0.05) is 12.1 Å². The van der Waals surface area contributed by atoms with Crippen LogP contribution in [0.5, 0.6) is 0 Å². The summed E-state index contributed by atoms with van der Waals surface area (Å²) >= 11 is 0. The maximum Gasteiger partial charge on any atom is 0.408 e. The molecule has 3 amide bonds. The monoisotopic (exact) mass is 487 g/mol. The topological polar surface area (TPSA) is 87.7 Å². The van der Waals surface area contributed by atoms with Crippen LogP contribution in [-0.2, 0) is 14.3 Å². The molecule has 0 aliphatic heterocycles. The Hall–Kier alpha value is -2.57. The van der Waals surface area contributed by atoms with Crippen molar-refractivity contribution in [2.45, 2.75) is 124 Å². The van der Waals surface area contributed by atoms with Gasteiger partial charge in [-0.1, -0.05) is 44.4 Å². The molecule has 1 aromatic carbocycles. The molecule has 1 aliphatic rings. The molecular formula is C28H45N3O4. The van der Waals surface area contributed by atoms with Gasteiger partial charge < -0.3 is 20.3 Å². The van der Waals surface area contributed by atoms with Crippen LogP contribution < -0.4 is 10.6 Å². The Balaban J connectivity index is 2.45. The van der Waals surface area contributed by atoms with Gasteiger partial charge in [0.25, 0.3) is 0 Å². The summed E-state index contributed by atoms with van der Waals surface area (Å²) in [5.74, 6) is -0.468. The third-order valence-corrected chi connectivity index (χ3v) is 6.72. The number of nitrogens with one attached hydrogen (secondary N) is 2. The first kappa shape index (κ1) is 28.7. The number of carbonyl (C=O) groups is 3. The number of alkyl carbamates (subject to hydrolysis) is 1. The van der Waals surface area contributed by atoms with E-state index in [0.29, 0.717) is 6.42 Å². The molecule has 0 bridgehead atoms. The van der Waals surface area contributed by atoms with E-state index in [4.69, 9.17) is 4.74 Å². The Kier molecular flexibility index (Phi) is 10.2. The fourth-order valence-electron chi connectivity index (χ4n) is 4.75. The van der Waals surface area contributed by atoms with E-state index in [1.54, 1.807) is 32.6 Å². The van der Waals surface area contributed by atoms with E-state index in [-0.39, 0.29) is 23.9 Å². The zero-order valence-corrected chi connectivity index (χ0v) is 22.9. The highest BCUT2D eigenvalue weighted by atomic mass is 16.6. The SMILES string of the molecule is CCC(C)N(C(=O)C(C)NC(=O)OC(C)(C)C)C(C(=O)NC1CCCCC1)c1c(C)cccc1C. The average Bonchev–Trinajstić information content (AvgIpc) is 2.76. The zero-order chi connectivity index (χ0) is 26.3. The average molecular weight is 488 g/mol. The summed E-state index contributed by atoms with van der Waals surface area (Å²) in [6.45, 7) is 14.9. The first-order valence-corrected chi connectivity index (χ1v) is 13.0. The molecule has 1 saturated carbocycles. The summed E-state index contributed by atoms with van der Waals surface area (Å²) in [6, 6.07) is 4.18. The number of carbonyl (C=O) groups excluding carboxylic acids is 3. The van der Waals surface area contributed by atoms with Crippen LogP contribution in [-0.4, -0.2) is 46.5 Å². The summed E-state index contributed by atoms with van der Waals surface area (Å²) < 4.78 is 5.36. The smallest absolute Gasteiger partial charge is 0.408 e. The third-order valence-electron chi connectivity index (χ3n) is 6.72.